The van der Waals surface area contributed by atoms with Crippen LogP contribution < -0.4 is 10.2 Å². The van der Waals surface area contributed by atoms with E-state index in [0.717, 1.165) is 16.3 Å². The summed E-state index contributed by atoms with van der Waals surface area (Å²) >= 11 is 1.51. The van der Waals surface area contributed by atoms with Crippen LogP contribution in [0.25, 0.3) is 22.1 Å². The average Bonchev–Trinajstić information content (AvgIpc) is 3.47. The SMILES string of the molecule is CC[C@@H]1C(=O)Nc2cnc(-c3cn(C)nc3-c3nccs3)nc2N1c1ccn(C)n1. The number of hydrogen-bond acceptors (Lipinski definition) is 8. The highest BCUT2D eigenvalue weighted by atomic mass is 32.1. The number of fused-ring (bicyclic) bond motifs is 1. The number of anilines is 3. The first-order chi connectivity index (χ1) is 14.5. The quantitative estimate of drug-likeness (QED) is 0.540. The summed E-state index contributed by atoms with van der Waals surface area (Å²) < 4.78 is 3.43. The van der Waals surface area contributed by atoms with Gasteiger partial charge in [0.15, 0.2) is 17.5 Å². The zero-order valence-corrected chi connectivity index (χ0v) is 17.5. The summed E-state index contributed by atoms with van der Waals surface area (Å²) in [6, 6.07) is 1.46. The maximum atomic E-state index is 12.7. The Labute approximate surface area is 176 Å². The second-order valence-electron chi connectivity index (χ2n) is 6.96. The Kier molecular flexibility index (Phi) is 4.31. The number of nitrogens with zero attached hydrogens (tertiary/aromatic N) is 8. The molecule has 11 heteroatoms. The first-order valence-electron chi connectivity index (χ1n) is 9.45. The topological polar surface area (TPSA) is 107 Å². The number of nitrogens with one attached hydrogen (secondary N) is 1. The molecule has 5 rings (SSSR count). The van der Waals surface area contributed by atoms with Crippen LogP contribution in [-0.2, 0) is 18.9 Å². The van der Waals surface area contributed by atoms with Gasteiger partial charge in [-0.1, -0.05) is 6.92 Å². The number of amides is 1. The molecule has 0 aliphatic carbocycles. The lowest BCUT2D eigenvalue weighted by molar-refractivity contribution is -0.117. The van der Waals surface area contributed by atoms with Gasteiger partial charge in [0.25, 0.3) is 0 Å². The Hall–Kier alpha value is -3.60. The van der Waals surface area contributed by atoms with Crippen LogP contribution in [0, 0.1) is 0 Å². The van der Waals surface area contributed by atoms with E-state index in [1.165, 1.54) is 11.3 Å². The van der Waals surface area contributed by atoms with Crippen LogP contribution in [0.5, 0.6) is 0 Å². The van der Waals surface area contributed by atoms with Gasteiger partial charge in [0.2, 0.25) is 5.91 Å². The largest absolute Gasteiger partial charge is 0.320 e. The molecule has 5 heterocycles. The highest BCUT2D eigenvalue weighted by Crippen LogP contribution is 2.38. The molecule has 0 bridgehead atoms. The third-order valence-electron chi connectivity index (χ3n) is 4.91. The van der Waals surface area contributed by atoms with E-state index >= 15 is 0 Å². The van der Waals surface area contributed by atoms with Crippen LogP contribution in [0.2, 0.25) is 0 Å². The average molecular weight is 421 g/mol. The molecular weight excluding hydrogens is 402 g/mol. The van der Waals surface area contributed by atoms with E-state index in [1.54, 1.807) is 21.8 Å². The van der Waals surface area contributed by atoms with E-state index in [1.807, 2.05) is 49.8 Å². The van der Waals surface area contributed by atoms with E-state index in [0.29, 0.717) is 29.6 Å². The van der Waals surface area contributed by atoms with Crippen molar-refractivity contribution in [2.45, 2.75) is 19.4 Å². The summed E-state index contributed by atoms with van der Waals surface area (Å²) in [6.07, 6.45) is 7.71. The fourth-order valence-electron chi connectivity index (χ4n) is 3.57. The fraction of sp³-hybridized carbons (Fsp3) is 0.263. The molecular formula is C19H19N9OS. The summed E-state index contributed by atoms with van der Waals surface area (Å²) in [7, 11) is 3.70. The molecule has 0 aromatic carbocycles. The molecule has 0 fully saturated rings. The van der Waals surface area contributed by atoms with Crippen molar-refractivity contribution in [3.63, 3.8) is 0 Å². The van der Waals surface area contributed by atoms with Gasteiger partial charge in [0, 0.05) is 44.1 Å². The van der Waals surface area contributed by atoms with Gasteiger partial charge in [-0.05, 0) is 6.42 Å². The van der Waals surface area contributed by atoms with Gasteiger partial charge in [0.1, 0.15) is 22.4 Å². The predicted octanol–water partition coefficient (Wildman–Crippen LogP) is 2.60. The maximum absolute atomic E-state index is 12.7. The van der Waals surface area contributed by atoms with Crippen molar-refractivity contribution < 1.29 is 4.79 Å². The monoisotopic (exact) mass is 421 g/mol. The van der Waals surface area contributed by atoms with Crippen LogP contribution in [-0.4, -0.2) is 46.5 Å². The third-order valence-corrected chi connectivity index (χ3v) is 5.69. The van der Waals surface area contributed by atoms with Crippen LogP contribution in [0.4, 0.5) is 17.3 Å². The predicted molar refractivity (Wildman–Crippen MR) is 113 cm³/mol. The van der Waals surface area contributed by atoms with Gasteiger partial charge in [-0.15, -0.1) is 11.3 Å². The van der Waals surface area contributed by atoms with Crippen LogP contribution in [0.3, 0.4) is 0 Å². The minimum absolute atomic E-state index is 0.100. The van der Waals surface area contributed by atoms with E-state index < -0.39 is 6.04 Å². The molecule has 30 heavy (non-hydrogen) atoms. The van der Waals surface area contributed by atoms with E-state index in [4.69, 9.17) is 4.98 Å². The molecule has 10 nitrogen and oxygen atoms in total. The molecule has 4 aromatic rings. The zero-order chi connectivity index (χ0) is 20.8. The van der Waals surface area contributed by atoms with Crippen LogP contribution in [0.1, 0.15) is 13.3 Å². The Morgan fingerprint density at radius 1 is 1.20 bits per heavy atom. The summed E-state index contributed by atoms with van der Waals surface area (Å²) in [6.45, 7) is 1.97. The molecule has 1 amide bonds. The summed E-state index contributed by atoms with van der Waals surface area (Å²) in [4.78, 5) is 28.3. The minimum Gasteiger partial charge on any atom is -0.320 e. The number of rotatable bonds is 4. The van der Waals surface area contributed by atoms with Crippen molar-refractivity contribution in [1.82, 2.24) is 34.5 Å². The van der Waals surface area contributed by atoms with Crippen LogP contribution in [0.15, 0.2) is 36.2 Å². The minimum atomic E-state index is -0.414. The number of carbonyl (C=O) groups is 1. The molecule has 0 saturated carbocycles. The molecule has 152 valence electrons. The third kappa shape index (κ3) is 2.94. The molecule has 1 atom stereocenters. The molecule has 0 radical (unpaired) electrons. The second-order valence-corrected chi connectivity index (χ2v) is 7.86. The first kappa shape index (κ1) is 18.4. The lowest BCUT2D eigenvalue weighted by Gasteiger charge is -2.34. The molecule has 1 aliphatic rings. The van der Waals surface area contributed by atoms with Gasteiger partial charge in [0.05, 0.1) is 11.8 Å². The smallest absolute Gasteiger partial charge is 0.247 e. The number of aryl methyl sites for hydroxylation is 2. The highest BCUT2D eigenvalue weighted by molar-refractivity contribution is 7.13. The summed E-state index contributed by atoms with van der Waals surface area (Å²) in [5, 5.41) is 14.7. The van der Waals surface area contributed by atoms with Crippen molar-refractivity contribution in [3.05, 3.63) is 36.2 Å². The van der Waals surface area contributed by atoms with E-state index in [2.05, 4.69) is 25.5 Å². The lowest BCUT2D eigenvalue weighted by Crippen LogP contribution is -2.46. The molecule has 1 N–H and O–H groups in total. The Morgan fingerprint density at radius 3 is 2.77 bits per heavy atom. The molecule has 1 aliphatic heterocycles. The number of carbonyl (C=O) groups excluding carboxylic acids is 1. The zero-order valence-electron chi connectivity index (χ0n) is 16.6. The van der Waals surface area contributed by atoms with E-state index in [-0.39, 0.29) is 5.91 Å². The van der Waals surface area contributed by atoms with E-state index in [9.17, 15) is 4.79 Å². The summed E-state index contributed by atoms with van der Waals surface area (Å²) in [5.74, 6) is 1.69. The van der Waals surface area contributed by atoms with Gasteiger partial charge >= 0.3 is 0 Å². The number of thiazole rings is 1. The summed E-state index contributed by atoms with van der Waals surface area (Å²) in [5.41, 5.74) is 2.06. The van der Waals surface area contributed by atoms with Crippen LogP contribution >= 0.6 is 11.3 Å². The second kappa shape index (κ2) is 7.02. The van der Waals surface area contributed by atoms with Gasteiger partial charge in [-0.3, -0.25) is 19.1 Å². The number of aromatic nitrogens is 7. The Morgan fingerprint density at radius 2 is 2.07 bits per heavy atom. The molecule has 4 aromatic heterocycles. The lowest BCUT2D eigenvalue weighted by atomic mass is 10.1. The number of hydrogen-bond donors (Lipinski definition) is 1. The normalized spacial score (nSPS) is 15.9. The van der Waals surface area contributed by atoms with Gasteiger partial charge in [-0.25, -0.2) is 15.0 Å². The van der Waals surface area contributed by atoms with Crippen molar-refractivity contribution in [2.24, 2.45) is 14.1 Å². The van der Waals surface area contributed by atoms with Crippen molar-refractivity contribution in [1.29, 1.82) is 0 Å². The van der Waals surface area contributed by atoms with Crippen molar-refractivity contribution in [2.75, 3.05) is 10.2 Å². The molecule has 0 spiro atoms. The van der Waals surface area contributed by atoms with Gasteiger partial charge < -0.3 is 5.32 Å². The first-order valence-corrected chi connectivity index (χ1v) is 10.3. The Bertz CT molecular complexity index is 1230. The molecule has 0 saturated heterocycles. The van der Waals surface area contributed by atoms with Crippen molar-refractivity contribution >= 4 is 34.6 Å². The van der Waals surface area contributed by atoms with Gasteiger partial charge in [-0.2, -0.15) is 10.2 Å². The van der Waals surface area contributed by atoms with Crippen molar-refractivity contribution in [3.8, 4) is 22.1 Å². The maximum Gasteiger partial charge on any atom is 0.247 e. The highest BCUT2D eigenvalue weighted by Gasteiger charge is 2.36. The molecule has 0 unspecified atom stereocenters. The Balaban J connectivity index is 1.67. The fourth-order valence-corrected chi connectivity index (χ4v) is 4.21. The standard InChI is InChI=1S/C19H19N9OS/c1-4-13-18(29)22-12-9-21-16(23-17(12)28(13)14-5-7-26(2)24-14)11-10-27(3)25-15(11)19-20-6-8-30-19/h5-10,13H,4H2,1-3H3,(H,22,29)/t13-/m1/s1.